The molecule has 4 nitrogen and oxygen atoms in total. The molecule has 2 heterocycles. The van der Waals surface area contributed by atoms with E-state index in [0.717, 1.165) is 5.56 Å². The van der Waals surface area contributed by atoms with E-state index in [2.05, 4.69) is 15.2 Å². The monoisotopic (exact) mass is 255 g/mol. The SMILES string of the molecule is O=c1[nH]nc(Cc2ccc(F)cc2)c2ncccc12. The summed E-state index contributed by atoms with van der Waals surface area (Å²) in [5, 5.41) is 6.99. The number of rotatable bonds is 2. The van der Waals surface area contributed by atoms with Gasteiger partial charge in [-0.3, -0.25) is 9.78 Å². The molecule has 0 bridgehead atoms. The number of H-pyrrole nitrogens is 1. The van der Waals surface area contributed by atoms with Crippen LogP contribution in [-0.2, 0) is 6.42 Å². The van der Waals surface area contributed by atoms with Crippen LogP contribution < -0.4 is 5.56 Å². The molecule has 0 saturated carbocycles. The molecule has 0 unspecified atom stereocenters. The molecule has 5 heteroatoms. The summed E-state index contributed by atoms with van der Waals surface area (Å²) in [5.74, 6) is -0.277. The van der Waals surface area contributed by atoms with Gasteiger partial charge in [-0.15, -0.1) is 0 Å². The van der Waals surface area contributed by atoms with Gasteiger partial charge in [-0.1, -0.05) is 12.1 Å². The van der Waals surface area contributed by atoms with Crippen molar-refractivity contribution in [2.24, 2.45) is 0 Å². The van der Waals surface area contributed by atoms with Crippen molar-refractivity contribution in [2.75, 3.05) is 0 Å². The Morgan fingerprint density at radius 3 is 2.74 bits per heavy atom. The van der Waals surface area contributed by atoms with Crippen LogP contribution in [0.5, 0.6) is 0 Å². The smallest absolute Gasteiger partial charge is 0.267 e. The minimum absolute atomic E-state index is 0.258. The first-order valence-corrected chi connectivity index (χ1v) is 5.81. The van der Waals surface area contributed by atoms with Crippen LogP contribution in [0.1, 0.15) is 11.3 Å². The van der Waals surface area contributed by atoms with E-state index < -0.39 is 0 Å². The highest BCUT2D eigenvalue weighted by Gasteiger charge is 2.08. The Morgan fingerprint density at radius 2 is 1.95 bits per heavy atom. The third-order valence-electron chi connectivity index (χ3n) is 2.90. The number of hydrogen-bond donors (Lipinski definition) is 1. The normalized spacial score (nSPS) is 10.8. The van der Waals surface area contributed by atoms with E-state index in [1.165, 1.54) is 12.1 Å². The molecule has 0 radical (unpaired) electrons. The Kier molecular flexibility index (Phi) is 2.79. The maximum Gasteiger partial charge on any atom is 0.273 e. The molecule has 19 heavy (non-hydrogen) atoms. The zero-order valence-corrected chi connectivity index (χ0v) is 9.93. The standard InChI is InChI=1S/C14H10FN3O/c15-10-5-3-9(4-6-10)8-12-13-11(2-1-7-16-13)14(19)18-17-12/h1-7H,8H2,(H,18,19). The van der Waals surface area contributed by atoms with Gasteiger partial charge in [0.25, 0.3) is 5.56 Å². The Morgan fingerprint density at radius 1 is 1.16 bits per heavy atom. The summed E-state index contributed by atoms with van der Waals surface area (Å²) >= 11 is 0. The number of aromatic amines is 1. The molecular formula is C14H10FN3O. The topological polar surface area (TPSA) is 58.6 Å². The highest BCUT2D eigenvalue weighted by Crippen LogP contribution is 2.14. The van der Waals surface area contributed by atoms with Crippen LogP contribution in [0, 0.1) is 5.82 Å². The quantitative estimate of drug-likeness (QED) is 0.762. The van der Waals surface area contributed by atoms with Crippen LogP contribution in [0.3, 0.4) is 0 Å². The lowest BCUT2D eigenvalue weighted by atomic mass is 10.1. The molecule has 1 aromatic carbocycles. The molecule has 0 spiro atoms. The van der Waals surface area contributed by atoms with Crippen molar-refractivity contribution in [3.63, 3.8) is 0 Å². The maximum absolute atomic E-state index is 12.9. The molecular weight excluding hydrogens is 245 g/mol. The van der Waals surface area contributed by atoms with E-state index in [1.807, 2.05) is 0 Å². The Labute approximate surface area is 107 Å². The van der Waals surface area contributed by atoms with Crippen molar-refractivity contribution < 1.29 is 4.39 Å². The first-order chi connectivity index (χ1) is 9.24. The second kappa shape index (κ2) is 4.61. The summed E-state index contributed by atoms with van der Waals surface area (Å²) in [7, 11) is 0. The van der Waals surface area contributed by atoms with Crippen LogP contribution in [0.4, 0.5) is 4.39 Å². The van der Waals surface area contributed by atoms with Crippen LogP contribution in [0.15, 0.2) is 47.4 Å². The van der Waals surface area contributed by atoms with Crippen LogP contribution in [0.25, 0.3) is 10.9 Å². The molecule has 0 saturated heterocycles. The summed E-state index contributed by atoms with van der Waals surface area (Å²) < 4.78 is 12.9. The Balaban J connectivity index is 2.08. The van der Waals surface area contributed by atoms with Crippen molar-refractivity contribution in [1.82, 2.24) is 15.2 Å². The molecule has 3 rings (SSSR count). The summed E-state index contributed by atoms with van der Waals surface area (Å²) in [6.45, 7) is 0. The van der Waals surface area contributed by atoms with E-state index in [0.29, 0.717) is 23.0 Å². The fraction of sp³-hybridized carbons (Fsp3) is 0.0714. The molecule has 1 N–H and O–H groups in total. The van der Waals surface area contributed by atoms with E-state index >= 15 is 0 Å². The third-order valence-corrected chi connectivity index (χ3v) is 2.90. The minimum atomic E-state index is -0.277. The lowest BCUT2D eigenvalue weighted by Gasteiger charge is -2.04. The number of nitrogens with one attached hydrogen (secondary N) is 1. The number of aromatic nitrogens is 3. The second-order valence-corrected chi connectivity index (χ2v) is 4.20. The molecule has 0 aliphatic carbocycles. The van der Waals surface area contributed by atoms with E-state index in [-0.39, 0.29) is 11.4 Å². The molecule has 3 aromatic rings. The minimum Gasteiger partial charge on any atom is -0.267 e. The highest BCUT2D eigenvalue weighted by atomic mass is 19.1. The predicted octanol–water partition coefficient (Wildman–Crippen LogP) is 2.05. The Hall–Kier alpha value is -2.56. The van der Waals surface area contributed by atoms with Gasteiger partial charge < -0.3 is 0 Å². The van der Waals surface area contributed by atoms with Crippen molar-refractivity contribution in [2.45, 2.75) is 6.42 Å². The number of halogens is 1. The van der Waals surface area contributed by atoms with Crippen molar-refractivity contribution in [3.05, 3.63) is 70.0 Å². The van der Waals surface area contributed by atoms with Crippen molar-refractivity contribution >= 4 is 10.9 Å². The summed E-state index contributed by atoms with van der Waals surface area (Å²) in [6.07, 6.45) is 2.11. The molecule has 94 valence electrons. The fourth-order valence-corrected chi connectivity index (χ4v) is 1.97. The maximum atomic E-state index is 12.9. The zero-order chi connectivity index (χ0) is 13.2. The zero-order valence-electron chi connectivity index (χ0n) is 9.93. The first-order valence-electron chi connectivity index (χ1n) is 5.81. The molecule has 0 aliphatic rings. The van der Waals surface area contributed by atoms with E-state index in [9.17, 15) is 9.18 Å². The summed E-state index contributed by atoms with van der Waals surface area (Å²) in [5.41, 5.74) is 1.90. The van der Waals surface area contributed by atoms with Gasteiger partial charge >= 0.3 is 0 Å². The number of pyridine rings is 1. The molecule has 0 fully saturated rings. The van der Waals surface area contributed by atoms with Gasteiger partial charge in [0.2, 0.25) is 0 Å². The Bertz CT molecular complexity index is 781. The lowest BCUT2D eigenvalue weighted by molar-refractivity contribution is 0.627. The van der Waals surface area contributed by atoms with Gasteiger partial charge in [0, 0.05) is 12.6 Å². The van der Waals surface area contributed by atoms with Crippen LogP contribution >= 0.6 is 0 Å². The van der Waals surface area contributed by atoms with E-state index in [4.69, 9.17) is 0 Å². The predicted molar refractivity (Wildman–Crippen MR) is 69.4 cm³/mol. The van der Waals surface area contributed by atoms with Crippen molar-refractivity contribution in [1.29, 1.82) is 0 Å². The lowest BCUT2D eigenvalue weighted by Crippen LogP contribution is -2.12. The molecule has 0 aliphatic heterocycles. The van der Waals surface area contributed by atoms with Crippen LogP contribution in [-0.4, -0.2) is 15.2 Å². The summed E-state index contributed by atoms with van der Waals surface area (Å²) in [6, 6.07) is 9.59. The van der Waals surface area contributed by atoms with Gasteiger partial charge in [-0.2, -0.15) is 5.10 Å². The van der Waals surface area contributed by atoms with Gasteiger partial charge in [0.15, 0.2) is 0 Å². The number of nitrogens with zero attached hydrogens (tertiary/aromatic N) is 2. The van der Waals surface area contributed by atoms with Gasteiger partial charge in [-0.05, 0) is 29.8 Å². The number of fused-ring (bicyclic) bond motifs is 1. The molecule has 2 aromatic heterocycles. The number of hydrogen-bond acceptors (Lipinski definition) is 3. The average Bonchev–Trinajstić information content (AvgIpc) is 2.45. The summed E-state index contributed by atoms with van der Waals surface area (Å²) in [4.78, 5) is 15.8. The third kappa shape index (κ3) is 2.22. The van der Waals surface area contributed by atoms with Gasteiger partial charge in [0.1, 0.15) is 5.82 Å². The fourth-order valence-electron chi connectivity index (χ4n) is 1.97. The average molecular weight is 255 g/mol. The molecule has 0 atom stereocenters. The second-order valence-electron chi connectivity index (χ2n) is 4.20. The molecule has 0 amide bonds. The van der Waals surface area contributed by atoms with Gasteiger partial charge in [0.05, 0.1) is 16.6 Å². The largest absolute Gasteiger partial charge is 0.273 e. The van der Waals surface area contributed by atoms with Gasteiger partial charge in [-0.25, -0.2) is 9.49 Å². The van der Waals surface area contributed by atoms with Crippen molar-refractivity contribution in [3.8, 4) is 0 Å². The highest BCUT2D eigenvalue weighted by molar-refractivity contribution is 5.79. The van der Waals surface area contributed by atoms with Crippen LogP contribution in [0.2, 0.25) is 0 Å². The van der Waals surface area contributed by atoms with E-state index in [1.54, 1.807) is 30.5 Å². The first kappa shape index (κ1) is 11.5. The number of benzene rings is 1.